The van der Waals surface area contributed by atoms with Crippen LogP contribution in [0.3, 0.4) is 0 Å². The van der Waals surface area contributed by atoms with Crippen molar-refractivity contribution in [3.63, 3.8) is 0 Å². The van der Waals surface area contributed by atoms with Gasteiger partial charge in [-0.1, -0.05) is 0 Å². The van der Waals surface area contributed by atoms with E-state index >= 15 is 0 Å². The van der Waals surface area contributed by atoms with Gasteiger partial charge in [-0.2, -0.15) is 0 Å². The molecule has 56 valence electrons. The Labute approximate surface area is 67.5 Å². The Bertz CT molecular complexity index is 441. The average Bonchev–Trinajstić information content (AvgIpc) is 2.34. The summed E-state index contributed by atoms with van der Waals surface area (Å²) < 4.78 is 1.17. The Morgan fingerprint density at radius 2 is 2.36 bits per heavy atom. The molecule has 0 aliphatic rings. The van der Waals surface area contributed by atoms with Crippen LogP contribution in [0.5, 0.6) is 0 Å². The van der Waals surface area contributed by atoms with E-state index in [4.69, 9.17) is 0 Å². The highest BCUT2D eigenvalue weighted by Crippen LogP contribution is 2.19. The van der Waals surface area contributed by atoms with Gasteiger partial charge in [0.05, 0.1) is 10.2 Å². The van der Waals surface area contributed by atoms with Crippen molar-refractivity contribution in [3.05, 3.63) is 33.4 Å². The van der Waals surface area contributed by atoms with E-state index in [-0.39, 0.29) is 5.56 Å². The fourth-order valence-corrected chi connectivity index (χ4v) is 1.98. The van der Waals surface area contributed by atoms with Crippen LogP contribution in [0.4, 0.5) is 0 Å². The first-order chi connectivity index (χ1) is 5.27. The van der Waals surface area contributed by atoms with Crippen LogP contribution in [-0.4, -0.2) is 4.98 Å². The van der Waals surface area contributed by atoms with Gasteiger partial charge in [-0.25, -0.2) is 0 Å². The molecule has 2 aromatic rings. The Hall–Kier alpha value is -1.09. The molecule has 2 rings (SSSR count). The van der Waals surface area contributed by atoms with Crippen molar-refractivity contribution in [3.8, 4) is 0 Å². The molecule has 0 aromatic carbocycles. The van der Waals surface area contributed by atoms with E-state index in [0.717, 1.165) is 11.1 Å². The largest absolute Gasteiger partial charge is 0.321 e. The van der Waals surface area contributed by atoms with Crippen molar-refractivity contribution in [2.45, 2.75) is 6.92 Å². The minimum atomic E-state index is -0.0200. The van der Waals surface area contributed by atoms with Crippen LogP contribution in [0.1, 0.15) is 5.56 Å². The van der Waals surface area contributed by atoms with Gasteiger partial charge < -0.3 is 4.98 Å². The SMILES string of the molecule is Cc1cc(=O)[nH]c2ccsc12. The van der Waals surface area contributed by atoms with E-state index in [1.807, 2.05) is 18.4 Å². The second kappa shape index (κ2) is 2.20. The Balaban J connectivity index is 3.02. The molecule has 0 aliphatic carbocycles. The van der Waals surface area contributed by atoms with E-state index in [1.165, 1.54) is 4.70 Å². The standard InChI is InChI=1S/C8H7NOS/c1-5-4-7(10)9-6-2-3-11-8(5)6/h2-4H,1H3,(H,9,10). The number of thiophene rings is 1. The Morgan fingerprint density at radius 1 is 1.55 bits per heavy atom. The lowest BCUT2D eigenvalue weighted by Crippen LogP contribution is -2.02. The summed E-state index contributed by atoms with van der Waals surface area (Å²) in [6.07, 6.45) is 0. The third-order valence-corrected chi connectivity index (χ3v) is 2.68. The number of aromatic amines is 1. The number of fused-ring (bicyclic) bond motifs is 1. The minimum absolute atomic E-state index is 0.0200. The first-order valence-corrected chi connectivity index (χ1v) is 4.22. The van der Waals surface area contributed by atoms with Crippen LogP contribution in [0, 0.1) is 6.92 Å². The maximum absolute atomic E-state index is 11.0. The lowest BCUT2D eigenvalue weighted by atomic mass is 10.3. The molecule has 1 N–H and O–H groups in total. The Morgan fingerprint density at radius 3 is 3.18 bits per heavy atom. The second-order valence-corrected chi connectivity index (χ2v) is 3.40. The van der Waals surface area contributed by atoms with Gasteiger partial charge in [0.25, 0.3) is 0 Å². The van der Waals surface area contributed by atoms with Gasteiger partial charge in [0.2, 0.25) is 5.56 Å². The fraction of sp³-hybridized carbons (Fsp3) is 0.125. The molecule has 0 atom stereocenters. The summed E-state index contributed by atoms with van der Waals surface area (Å²) in [7, 11) is 0. The van der Waals surface area contributed by atoms with E-state index < -0.39 is 0 Å². The van der Waals surface area contributed by atoms with Crippen LogP contribution in [0.15, 0.2) is 22.3 Å². The topological polar surface area (TPSA) is 32.9 Å². The normalized spacial score (nSPS) is 10.6. The van der Waals surface area contributed by atoms with Gasteiger partial charge in [0.1, 0.15) is 0 Å². The van der Waals surface area contributed by atoms with Gasteiger partial charge in [-0.3, -0.25) is 4.79 Å². The third-order valence-electron chi connectivity index (χ3n) is 1.63. The van der Waals surface area contributed by atoms with Crippen LogP contribution < -0.4 is 5.56 Å². The van der Waals surface area contributed by atoms with Gasteiger partial charge in [0, 0.05) is 6.07 Å². The zero-order valence-corrected chi connectivity index (χ0v) is 6.87. The molecule has 0 unspecified atom stereocenters. The molecular weight excluding hydrogens is 158 g/mol. The van der Waals surface area contributed by atoms with E-state index in [2.05, 4.69) is 4.98 Å². The summed E-state index contributed by atoms with van der Waals surface area (Å²) in [6.45, 7) is 1.95. The lowest BCUT2D eigenvalue weighted by molar-refractivity contribution is 1.29. The number of hydrogen-bond acceptors (Lipinski definition) is 2. The zero-order chi connectivity index (χ0) is 7.84. The molecule has 2 aromatic heterocycles. The first kappa shape index (κ1) is 6.61. The molecule has 0 saturated carbocycles. The predicted octanol–water partition coefficient (Wildman–Crippen LogP) is 1.90. The van der Waals surface area contributed by atoms with Crippen molar-refractivity contribution in [2.75, 3.05) is 0 Å². The third kappa shape index (κ3) is 0.973. The predicted molar refractivity (Wildman–Crippen MR) is 47.2 cm³/mol. The summed E-state index contributed by atoms with van der Waals surface area (Å²) in [5, 5.41) is 1.98. The van der Waals surface area contributed by atoms with E-state index in [9.17, 15) is 4.79 Å². The molecule has 11 heavy (non-hydrogen) atoms. The molecule has 0 radical (unpaired) electrons. The van der Waals surface area contributed by atoms with Crippen molar-refractivity contribution < 1.29 is 0 Å². The van der Waals surface area contributed by atoms with Crippen LogP contribution in [0.2, 0.25) is 0 Å². The maximum Gasteiger partial charge on any atom is 0.248 e. The smallest absolute Gasteiger partial charge is 0.248 e. The minimum Gasteiger partial charge on any atom is -0.321 e. The van der Waals surface area contributed by atoms with Gasteiger partial charge in [0.15, 0.2) is 0 Å². The Kier molecular flexibility index (Phi) is 1.32. The van der Waals surface area contributed by atoms with Gasteiger partial charge >= 0.3 is 0 Å². The summed E-state index contributed by atoms with van der Waals surface area (Å²) in [4.78, 5) is 13.7. The van der Waals surface area contributed by atoms with Crippen LogP contribution >= 0.6 is 11.3 Å². The first-order valence-electron chi connectivity index (χ1n) is 3.34. The van der Waals surface area contributed by atoms with Crippen molar-refractivity contribution in [1.82, 2.24) is 4.98 Å². The highest BCUT2D eigenvalue weighted by molar-refractivity contribution is 7.17. The molecule has 0 fully saturated rings. The molecule has 0 bridgehead atoms. The molecule has 0 spiro atoms. The number of H-pyrrole nitrogens is 1. The van der Waals surface area contributed by atoms with Crippen molar-refractivity contribution in [1.29, 1.82) is 0 Å². The number of rotatable bonds is 0. The number of aromatic nitrogens is 1. The lowest BCUT2D eigenvalue weighted by Gasteiger charge is -1.92. The summed E-state index contributed by atoms with van der Waals surface area (Å²) in [6, 6.07) is 3.55. The van der Waals surface area contributed by atoms with Gasteiger partial charge in [-0.05, 0) is 23.9 Å². The van der Waals surface area contributed by atoms with Crippen molar-refractivity contribution >= 4 is 21.6 Å². The number of nitrogens with one attached hydrogen (secondary N) is 1. The highest BCUT2D eigenvalue weighted by Gasteiger charge is 1.98. The second-order valence-electron chi connectivity index (χ2n) is 2.48. The van der Waals surface area contributed by atoms with Crippen LogP contribution in [-0.2, 0) is 0 Å². The molecular formula is C8H7NOS. The van der Waals surface area contributed by atoms with Crippen LogP contribution in [0.25, 0.3) is 10.2 Å². The monoisotopic (exact) mass is 165 g/mol. The molecule has 2 heterocycles. The zero-order valence-electron chi connectivity index (χ0n) is 6.05. The molecule has 0 saturated heterocycles. The summed E-state index contributed by atoms with van der Waals surface area (Å²) in [5.41, 5.74) is 1.98. The molecule has 3 heteroatoms. The number of pyridine rings is 1. The molecule has 0 amide bonds. The number of aryl methyl sites for hydroxylation is 1. The molecule has 2 nitrogen and oxygen atoms in total. The van der Waals surface area contributed by atoms with Crippen molar-refractivity contribution in [2.24, 2.45) is 0 Å². The maximum atomic E-state index is 11.0. The van der Waals surface area contributed by atoms with E-state index in [1.54, 1.807) is 17.4 Å². The molecule has 0 aliphatic heterocycles. The number of hydrogen-bond donors (Lipinski definition) is 1. The summed E-state index contributed by atoms with van der Waals surface area (Å²) in [5.74, 6) is 0. The fourth-order valence-electron chi connectivity index (χ4n) is 1.14. The average molecular weight is 165 g/mol. The summed E-state index contributed by atoms with van der Waals surface area (Å²) >= 11 is 1.65. The van der Waals surface area contributed by atoms with E-state index in [0.29, 0.717) is 0 Å². The quantitative estimate of drug-likeness (QED) is 0.635. The highest BCUT2D eigenvalue weighted by atomic mass is 32.1. The van der Waals surface area contributed by atoms with Gasteiger partial charge in [-0.15, -0.1) is 11.3 Å².